The molecule has 1 saturated carbocycles. The molecule has 8 heteroatoms. The van der Waals surface area contributed by atoms with Crippen molar-refractivity contribution in [3.8, 4) is 5.82 Å². The first kappa shape index (κ1) is 19.0. The highest BCUT2D eigenvalue weighted by molar-refractivity contribution is 6.07. The third-order valence-corrected chi connectivity index (χ3v) is 4.94. The van der Waals surface area contributed by atoms with Crippen LogP contribution in [0.15, 0.2) is 30.5 Å². The Balaban J connectivity index is 1.82. The van der Waals surface area contributed by atoms with Crippen molar-refractivity contribution in [3.63, 3.8) is 0 Å². The fourth-order valence-corrected chi connectivity index (χ4v) is 3.38. The summed E-state index contributed by atoms with van der Waals surface area (Å²) < 4.78 is 6.65. The van der Waals surface area contributed by atoms with Crippen molar-refractivity contribution in [3.05, 3.63) is 47.4 Å². The molecule has 1 aliphatic carbocycles. The van der Waals surface area contributed by atoms with Gasteiger partial charge in [-0.05, 0) is 44.9 Å². The van der Waals surface area contributed by atoms with Crippen LogP contribution in [0.5, 0.6) is 0 Å². The van der Waals surface area contributed by atoms with Crippen LogP contribution in [0.3, 0.4) is 0 Å². The van der Waals surface area contributed by atoms with Crippen LogP contribution in [0, 0.1) is 6.92 Å². The number of amides is 1. The molecule has 0 saturated heterocycles. The Bertz CT molecular complexity index is 1070. The van der Waals surface area contributed by atoms with Gasteiger partial charge in [0, 0.05) is 24.9 Å². The summed E-state index contributed by atoms with van der Waals surface area (Å²) in [5.41, 5.74) is 2.68. The van der Waals surface area contributed by atoms with Gasteiger partial charge in [-0.1, -0.05) is 6.07 Å². The molecular formula is C21H23N5O3. The minimum Gasteiger partial charge on any atom is -0.465 e. The summed E-state index contributed by atoms with van der Waals surface area (Å²) in [6.45, 7) is 3.76. The molecule has 0 aliphatic heterocycles. The van der Waals surface area contributed by atoms with Crippen LogP contribution in [0.1, 0.15) is 47.4 Å². The average molecular weight is 393 g/mol. The molecule has 150 valence electrons. The van der Waals surface area contributed by atoms with Crippen molar-refractivity contribution in [2.45, 2.75) is 32.6 Å². The zero-order valence-electron chi connectivity index (χ0n) is 16.8. The predicted molar refractivity (Wildman–Crippen MR) is 107 cm³/mol. The predicted octanol–water partition coefficient (Wildman–Crippen LogP) is 2.64. The highest BCUT2D eigenvalue weighted by Gasteiger charge is 2.30. The van der Waals surface area contributed by atoms with Gasteiger partial charge in [0.05, 0.1) is 23.3 Å². The standard InChI is InChI=1S/C21H23N5O3/c1-4-29-18(27)12-25(3)21(28)15-11-16(14-8-9-14)23-20-19(15)13(2)24-26(20)17-7-5-6-10-22-17/h5-7,10-11,14H,4,8-9,12H2,1-3H3. The maximum Gasteiger partial charge on any atom is 0.325 e. The van der Waals surface area contributed by atoms with E-state index in [9.17, 15) is 9.59 Å². The van der Waals surface area contributed by atoms with Gasteiger partial charge in [-0.2, -0.15) is 9.78 Å². The average Bonchev–Trinajstić information content (AvgIpc) is 3.51. The van der Waals surface area contributed by atoms with Crippen LogP contribution in [-0.2, 0) is 9.53 Å². The van der Waals surface area contributed by atoms with E-state index in [1.807, 2.05) is 31.2 Å². The van der Waals surface area contributed by atoms with E-state index in [-0.39, 0.29) is 19.1 Å². The quantitative estimate of drug-likeness (QED) is 0.598. The number of hydrogen-bond acceptors (Lipinski definition) is 6. The Morgan fingerprint density at radius 3 is 2.76 bits per heavy atom. The van der Waals surface area contributed by atoms with Crippen LogP contribution in [-0.4, -0.2) is 56.7 Å². The lowest BCUT2D eigenvalue weighted by Crippen LogP contribution is -2.33. The number of aryl methyl sites for hydroxylation is 1. The van der Waals surface area contributed by atoms with Gasteiger partial charge >= 0.3 is 5.97 Å². The van der Waals surface area contributed by atoms with Crippen molar-refractivity contribution in [1.82, 2.24) is 24.6 Å². The molecule has 0 radical (unpaired) electrons. The zero-order valence-corrected chi connectivity index (χ0v) is 16.8. The van der Waals surface area contributed by atoms with Gasteiger partial charge < -0.3 is 9.64 Å². The lowest BCUT2D eigenvalue weighted by Gasteiger charge is -2.17. The number of rotatable bonds is 6. The molecule has 0 unspecified atom stereocenters. The van der Waals surface area contributed by atoms with Crippen molar-refractivity contribution < 1.29 is 14.3 Å². The first-order valence-corrected chi connectivity index (χ1v) is 9.72. The first-order valence-electron chi connectivity index (χ1n) is 9.72. The molecule has 3 aromatic rings. The van der Waals surface area contributed by atoms with Gasteiger partial charge in [0.15, 0.2) is 11.5 Å². The molecule has 3 heterocycles. The number of carbonyl (C=O) groups excluding carboxylic acids is 2. The molecule has 1 aliphatic rings. The summed E-state index contributed by atoms with van der Waals surface area (Å²) in [7, 11) is 1.60. The molecule has 0 N–H and O–H groups in total. The fraction of sp³-hybridized carbons (Fsp3) is 0.381. The maximum absolute atomic E-state index is 13.2. The lowest BCUT2D eigenvalue weighted by atomic mass is 10.1. The Kier molecular flexibility index (Phi) is 5.00. The summed E-state index contributed by atoms with van der Waals surface area (Å²) >= 11 is 0. The molecule has 0 bridgehead atoms. The highest BCUT2D eigenvalue weighted by Crippen LogP contribution is 2.40. The molecule has 29 heavy (non-hydrogen) atoms. The van der Waals surface area contributed by atoms with E-state index < -0.39 is 5.97 Å². The van der Waals surface area contributed by atoms with Crippen molar-refractivity contribution in [2.24, 2.45) is 0 Å². The Labute approximate surface area is 168 Å². The summed E-state index contributed by atoms with van der Waals surface area (Å²) in [6, 6.07) is 7.42. The lowest BCUT2D eigenvalue weighted by molar-refractivity contribution is -0.143. The molecular weight excluding hydrogens is 370 g/mol. The van der Waals surface area contributed by atoms with Gasteiger partial charge in [-0.3, -0.25) is 9.59 Å². The molecule has 0 atom stereocenters. The van der Waals surface area contributed by atoms with E-state index in [0.29, 0.717) is 34.0 Å². The smallest absolute Gasteiger partial charge is 0.325 e. The van der Waals surface area contributed by atoms with Crippen LogP contribution in [0.2, 0.25) is 0 Å². The largest absolute Gasteiger partial charge is 0.465 e. The monoisotopic (exact) mass is 393 g/mol. The number of carbonyl (C=O) groups is 2. The fourth-order valence-electron chi connectivity index (χ4n) is 3.38. The van der Waals surface area contributed by atoms with Crippen LogP contribution in [0.4, 0.5) is 0 Å². The SMILES string of the molecule is CCOC(=O)CN(C)C(=O)c1cc(C2CC2)nc2c1c(C)nn2-c1ccccn1. The van der Waals surface area contributed by atoms with Crippen molar-refractivity contribution in [1.29, 1.82) is 0 Å². The van der Waals surface area contributed by atoms with Crippen LogP contribution >= 0.6 is 0 Å². The van der Waals surface area contributed by atoms with E-state index in [2.05, 4.69) is 10.1 Å². The Morgan fingerprint density at radius 2 is 2.10 bits per heavy atom. The maximum atomic E-state index is 13.2. The molecule has 1 amide bonds. The minimum atomic E-state index is -0.433. The molecule has 8 nitrogen and oxygen atoms in total. The van der Waals surface area contributed by atoms with E-state index in [1.165, 1.54) is 4.90 Å². The van der Waals surface area contributed by atoms with Gasteiger partial charge in [0.25, 0.3) is 5.91 Å². The van der Waals surface area contributed by atoms with Gasteiger partial charge in [-0.25, -0.2) is 9.97 Å². The summed E-state index contributed by atoms with van der Waals surface area (Å²) in [5.74, 6) is 0.311. The second-order valence-electron chi connectivity index (χ2n) is 7.22. The highest BCUT2D eigenvalue weighted by atomic mass is 16.5. The number of pyridine rings is 2. The normalized spacial score (nSPS) is 13.5. The van der Waals surface area contributed by atoms with Gasteiger partial charge in [0.2, 0.25) is 0 Å². The summed E-state index contributed by atoms with van der Waals surface area (Å²) in [5, 5.41) is 5.28. The number of fused-ring (bicyclic) bond motifs is 1. The molecule has 1 fully saturated rings. The molecule has 0 aromatic carbocycles. The first-order chi connectivity index (χ1) is 14.0. The molecule has 3 aromatic heterocycles. The Morgan fingerprint density at radius 1 is 1.31 bits per heavy atom. The molecule has 0 spiro atoms. The van der Waals surface area contributed by atoms with Crippen molar-refractivity contribution in [2.75, 3.05) is 20.2 Å². The second-order valence-corrected chi connectivity index (χ2v) is 7.22. The molecule has 4 rings (SSSR count). The summed E-state index contributed by atoms with van der Waals surface area (Å²) in [4.78, 5) is 35.6. The number of hydrogen-bond donors (Lipinski definition) is 0. The third-order valence-electron chi connectivity index (χ3n) is 4.94. The Hall–Kier alpha value is -3.29. The van der Waals surface area contributed by atoms with E-state index in [4.69, 9.17) is 9.72 Å². The third kappa shape index (κ3) is 3.70. The van der Waals surface area contributed by atoms with E-state index in [0.717, 1.165) is 18.5 Å². The number of ether oxygens (including phenoxy) is 1. The van der Waals surface area contributed by atoms with Crippen molar-refractivity contribution >= 4 is 22.9 Å². The second kappa shape index (κ2) is 7.62. The number of esters is 1. The number of likely N-dealkylation sites (N-methyl/N-ethyl adjacent to an activating group) is 1. The zero-order chi connectivity index (χ0) is 20.5. The van der Waals surface area contributed by atoms with E-state index in [1.54, 1.807) is 24.9 Å². The minimum absolute atomic E-state index is 0.108. The number of aromatic nitrogens is 4. The summed E-state index contributed by atoms with van der Waals surface area (Å²) in [6.07, 6.45) is 3.81. The van der Waals surface area contributed by atoms with Crippen LogP contribution in [0.25, 0.3) is 16.9 Å². The topological polar surface area (TPSA) is 90.2 Å². The van der Waals surface area contributed by atoms with Crippen LogP contribution < -0.4 is 0 Å². The van der Waals surface area contributed by atoms with Gasteiger partial charge in [0.1, 0.15) is 6.54 Å². The number of nitrogens with zero attached hydrogens (tertiary/aromatic N) is 5. The van der Waals surface area contributed by atoms with Gasteiger partial charge in [-0.15, -0.1) is 0 Å². The van der Waals surface area contributed by atoms with E-state index >= 15 is 0 Å².